The first-order valence-corrected chi connectivity index (χ1v) is 5.87. The molecule has 1 amide bonds. The maximum atomic E-state index is 13.3. The van der Waals surface area contributed by atoms with Crippen molar-refractivity contribution in [2.75, 3.05) is 13.2 Å². The van der Waals surface area contributed by atoms with Gasteiger partial charge in [-0.05, 0) is 24.5 Å². The molecule has 0 saturated carbocycles. The topological polar surface area (TPSA) is 38.3 Å². The molecule has 1 fully saturated rings. The van der Waals surface area contributed by atoms with E-state index in [0.29, 0.717) is 12.1 Å². The van der Waals surface area contributed by atoms with Gasteiger partial charge in [-0.1, -0.05) is 18.2 Å². The number of rotatable bonds is 4. The molecule has 1 heterocycles. The van der Waals surface area contributed by atoms with Crippen molar-refractivity contribution in [2.45, 2.75) is 25.4 Å². The molecule has 1 aromatic carbocycles. The standard InChI is InChI=1S/C13H16FNO2/c14-12-6-2-1-4-10(12)8-13(16)15-9-11-5-3-7-17-11/h1-2,4,6,11H,3,5,7-9H2,(H,15,16)/t11-/m0/s1. The molecule has 92 valence electrons. The Kier molecular flexibility index (Phi) is 4.09. The number of hydrogen-bond donors (Lipinski definition) is 1. The van der Waals surface area contributed by atoms with E-state index in [1.807, 2.05) is 0 Å². The zero-order valence-electron chi connectivity index (χ0n) is 9.62. The van der Waals surface area contributed by atoms with Gasteiger partial charge in [0.05, 0.1) is 12.5 Å². The van der Waals surface area contributed by atoms with Gasteiger partial charge in [0, 0.05) is 13.2 Å². The summed E-state index contributed by atoms with van der Waals surface area (Å²) in [6, 6.07) is 6.33. The lowest BCUT2D eigenvalue weighted by Crippen LogP contribution is -2.32. The lowest BCUT2D eigenvalue weighted by molar-refractivity contribution is -0.121. The lowest BCUT2D eigenvalue weighted by atomic mass is 10.1. The summed E-state index contributed by atoms with van der Waals surface area (Å²) in [4.78, 5) is 11.6. The summed E-state index contributed by atoms with van der Waals surface area (Å²) in [6.07, 6.45) is 2.24. The third kappa shape index (κ3) is 3.53. The van der Waals surface area contributed by atoms with Crippen LogP contribution in [0.4, 0.5) is 4.39 Å². The van der Waals surface area contributed by atoms with Crippen LogP contribution in [0, 0.1) is 5.82 Å². The average molecular weight is 237 g/mol. The molecule has 1 saturated heterocycles. The van der Waals surface area contributed by atoms with E-state index in [1.165, 1.54) is 6.07 Å². The van der Waals surface area contributed by atoms with Gasteiger partial charge in [0.25, 0.3) is 0 Å². The second-order valence-electron chi connectivity index (χ2n) is 4.21. The predicted molar refractivity (Wildman–Crippen MR) is 62.1 cm³/mol. The summed E-state index contributed by atoms with van der Waals surface area (Å²) >= 11 is 0. The second-order valence-corrected chi connectivity index (χ2v) is 4.21. The number of carbonyl (C=O) groups is 1. The Morgan fingerprint density at radius 3 is 3.00 bits per heavy atom. The predicted octanol–water partition coefficient (Wildman–Crippen LogP) is 1.66. The molecule has 2 rings (SSSR count). The van der Waals surface area contributed by atoms with Crippen LogP contribution in [0.1, 0.15) is 18.4 Å². The van der Waals surface area contributed by atoms with Crippen LogP contribution in [0.25, 0.3) is 0 Å². The third-order valence-electron chi connectivity index (χ3n) is 2.86. The minimum absolute atomic E-state index is 0.0827. The summed E-state index contributed by atoms with van der Waals surface area (Å²) < 4.78 is 18.7. The molecule has 0 unspecified atom stereocenters. The highest BCUT2D eigenvalue weighted by molar-refractivity contribution is 5.78. The second kappa shape index (κ2) is 5.77. The number of ether oxygens (including phenoxy) is 1. The van der Waals surface area contributed by atoms with Gasteiger partial charge in [-0.15, -0.1) is 0 Å². The maximum Gasteiger partial charge on any atom is 0.224 e. The van der Waals surface area contributed by atoms with Gasteiger partial charge in [-0.2, -0.15) is 0 Å². The highest BCUT2D eigenvalue weighted by Gasteiger charge is 2.16. The van der Waals surface area contributed by atoms with Gasteiger partial charge < -0.3 is 10.1 Å². The van der Waals surface area contributed by atoms with E-state index in [2.05, 4.69) is 5.32 Å². The van der Waals surface area contributed by atoms with E-state index >= 15 is 0 Å². The Bertz CT molecular complexity index is 389. The number of benzene rings is 1. The fourth-order valence-corrected chi connectivity index (χ4v) is 1.91. The molecule has 4 heteroatoms. The molecule has 1 aromatic rings. The van der Waals surface area contributed by atoms with Gasteiger partial charge in [-0.25, -0.2) is 4.39 Å². The monoisotopic (exact) mass is 237 g/mol. The molecule has 1 aliphatic heterocycles. The van der Waals surface area contributed by atoms with E-state index in [1.54, 1.807) is 18.2 Å². The van der Waals surface area contributed by atoms with Crippen LogP contribution in [0.5, 0.6) is 0 Å². The first-order chi connectivity index (χ1) is 8.25. The Morgan fingerprint density at radius 1 is 1.47 bits per heavy atom. The van der Waals surface area contributed by atoms with Crippen molar-refractivity contribution in [1.29, 1.82) is 0 Å². The first kappa shape index (κ1) is 12.0. The minimum Gasteiger partial charge on any atom is -0.376 e. The molecule has 0 spiro atoms. The Morgan fingerprint density at radius 2 is 2.29 bits per heavy atom. The first-order valence-electron chi connectivity index (χ1n) is 5.87. The summed E-state index contributed by atoms with van der Waals surface area (Å²) in [5.41, 5.74) is 0.428. The average Bonchev–Trinajstić information content (AvgIpc) is 2.82. The Labute approximate surface area is 100.0 Å². The quantitative estimate of drug-likeness (QED) is 0.865. The fourth-order valence-electron chi connectivity index (χ4n) is 1.91. The van der Waals surface area contributed by atoms with Crippen molar-refractivity contribution in [2.24, 2.45) is 0 Å². The number of amides is 1. The molecule has 3 nitrogen and oxygen atoms in total. The van der Waals surface area contributed by atoms with Crippen molar-refractivity contribution < 1.29 is 13.9 Å². The molecule has 0 aromatic heterocycles. The van der Waals surface area contributed by atoms with E-state index in [-0.39, 0.29) is 24.2 Å². The molecule has 1 aliphatic rings. The summed E-state index contributed by atoms with van der Waals surface area (Å²) in [6.45, 7) is 1.29. The molecule has 0 aliphatic carbocycles. The van der Waals surface area contributed by atoms with Gasteiger partial charge in [0.15, 0.2) is 0 Å². The SMILES string of the molecule is O=C(Cc1ccccc1F)NC[C@@H]1CCCO1. The van der Waals surface area contributed by atoms with Crippen molar-refractivity contribution in [3.63, 3.8) is 0 Å². The third-order valence-corrected chi connectivity index (χ3v) is 2.86. The fraction of sp³-hybridized carbons (Fsp3) is 0.462. The van der Waals surface area contributed by atoms with Crippen molar-refractivity contribution in [3.8, 4) is 0 Å². The maximum absolute atomic E-state index is 13.3. The number of carbonyl (C=O) groups excluding carboxylic acids is 1. The highest BCUT2D eigenvalue weighted by atomic mass is 19.1. The van der Waals surface area contributed by atoms with Gasteiger partial charge in [-0.3, -0.25) is 4.79 Å². The van der Waals surface area contributed by atoms with E-state index in [0.717, 1.165) is 19.4 Å². The van der Waals surface area contributed by atoms with E-state index in [9.17, 15) is 9.18 Å². The number of hydrogen-bond acceptors (Lipinski definition) is 2. The van der Waals surface area contributed by atoms with Crippen LogP contribution in [-0.4, -0.2) is 25.2 Å². The van der Waals surface area contributed by atoms with Gasteiger partial charge >= 0.3 is 0 Å². The van der Waals surface area contributed by atoms with Crippen molar-refractivity contribution >= 4 is 5.91 Å². The molecular formula is C13H16FNO2. The zero-order valence-corrected chi connectivity index (χ0v) is 9.62. The van der Waals surface area contributed by atoms with E-state index < -0.39 is 0 Å². The molecule has 1 atom stereocenters. The summed E-state index contributed by atoms with van der Waals surface area (Å²) in [5.74, 6) is -0.495. The van der Waals surface area contributed by atoms with E-state index in [4.69, 9.17) is 4.74 Å². The summed E-state index contributed by atoms with van der Waals surface area (Å²) in [5, 5.41) is 2.77. The number of nitrogens with one attached hydrogen (secondary N) is 1. The zero-order chi connectivity index (χ0) is 12.1. The molecule has 0 bridgehead atoms. The van der Waals surface area contributed by atoms with Crippen LogP contribution in [0.2, 0.25) is 0 Å². The molecular weight excluding hydrogens is 221 g/mol. The van der Waals surface area contributed by atoms with Crippen LogP contribution in [-0.2, 0) is 16.0 Å². The normalized spacial score (nSPS) is 19.2. The largest absolute Gasteiger partial charge is 0.376 e. The van der Waals surface area contributed by atoms with Crippen LogP contribution < -0.4 is 5.32 Å². The van der Waals surface area contributed by atoms with Gasteiger partial charge in [0.1, 0.15) is 5.82 Å². The highest BCUT2D eigenvalue weighted by Crippen LogP contribution is 2.11. The Hall–Kier alpha value is -1.42. The minimum atomic E-state index is -0.334. The molecule has 17 heavy (non-hydrogen) atoms. The molecule has 0 radical (unpaired) electrons. The van der Waals surface area contributed by atoms with Crippen LogP contribution in [0.15, 0.2) is 24.3 Å². The smallest absolute Gasteiger partial charge is 0.224 e. The Balaban J connectivity index is 1.79. The lowest BCUT2D eigenvalue weighted by Gasteiger charge is -2.10. The van der Waals surface area contributed by atoms with Crippen molar-refractivity contribution in [3.05, 3.63) is 35.6 Å². The van der Waals surface area contributed by atoms with Crippen molar-refractivity contribution in [1.82, 2.24) is 5.32 Å². The van der Waals surface area contributed by atoms with Gasteiger partial charge in [0.2, 0.25) is 5.91 Å². The molecule has 1 N–H and O–H groups in total. The number of halogens is 1. The van der Waals surface area contributed by atoms with Crippen LogP contribution >= 0.6 is 0 Å². The summed E-state index contributed by atoms with van der Waals surface area (Å²) in [7, 11) is 0. The van der Waals surface area contributed by atoms with Crippen LogP contribution in [0.3, 0.4) is 0 Å².